The van der Waals surface area contributed by atoms with Crippen LogP contribution in [0.4, 0.5) is 11.6 Å². The van der Waals surface area contributed by atoms with Crippen LogP contribution in [0.2, 0.25) is 0 Å². The minimum Gasteiger partial charge on any atom is -0.382 e. The fraction of sp³-hybridized carbons (Fsp3) is 0.286. The average molecular weight is 242 g/mol. The fourth-order valence-electron chi connectivity index (χ4n) is 1.80. The van der Waals surface area contributed by atoms with Gasteiger partial charge in [-0.25, -0.2) is 0 Å². The number of benzene rings is 1. The van der Waals surface area contributed by atoms with Crippen LogP contribution in [0, 0.1) is 0 Å². The molecule has 2 N–H and O–H groups in total. The highest BCUT2D eigenvalue weighted by Gasteiger charge is 2.12. The van der Waals surface area contributed by atoms with E-state index in [1.165, 1.54) is 5.56 Å². The van der Waals surface area contributed by atoms with Crippen LogP contribution in [0.1, 0.15) is 19.4 Å². The van der Waals surface area contributed by atoms with Gasteiger partial charge < -0.3 is 10.6 Å². The molecule has 0 saturated carbocycles. The smallest absolute Gasteiger partial charge is 0.151 e. The van der Waals surface area contributed by atoms with Gasteiger partial charge in [-0.15, -0.1) is 10.2 Å². The Bertz CT molecular complexity index is 479. The van der Waals surface area contributed by atoms with E-state index in [0.29, 0.717) is 11.9 Å². The lowest BCUT2D eigenvalue weighted by atomic mass is 10.2. The first-order valence-electron chi connectivity index (χ1n) is 6.06. The molecule has 1 heterocycles. The van der Waals surface area contributed by atoms with E-state index in [0.717, 1.165) is 12.4 Å². The van der Waals surface area contributed by atoms with E-state index in [1.807, 2.05) is 24.3 Å². The molecule has 0 spiro atoms. The molecular formula is C14H18N4. The van der Waals surface area contributed by atoms with E-state index >= 15 is 0 Å². The fourth-order valence-corrected chi connectivity index (χ4v) is 1.80. The van der Waals surface area contributed by atoms with Crippen molar-refractivity contribution in [2.75, 3.05) is 10.6 Å². The van der Waals surface area contributed by atoms with Crippen molar-refractivity contribution in [2.24, 2.45) is 0 Å². The molecule has 0 aliphatic heterocycles. The molecule has 0 unspecified atom stereocenters. The predicted octanol–water partition coefficient (Wildman–Crippen LogP) is 2.47. The summed E-state index contributed by atoms with van der Waals surface area (Å²) < 4.78 is 0. The van der Waals surface area contributed by atoms with Gasteiger partial charge in [0, 0.05) is 12.6 Å². The second-order valence-corrected chi connectivity index (χ2v) is 4.52. The van der Waals surface area contributed by atoms with Crippen molar-refractivity contribution >= 4 is 11.6 Å². The van der Waals surface area contributed by atoms with Crippen molar-refractivity contribution in [1.82, 2.24) is 10.2 Å². The molecular weight excluding hydrogens is 224 g/mol. The van der Waals surface area contributed by atoms with E-state index in [-0.39, 0.29) is 0 Å². The Morgan fingerprint density at radius 2 is 1.78 bits per heavy atom. The zero-order valence-corrected chi connectivity index (χ0v) is 10.7. The number of nitrogen functional groups attached to an aromatic ring is 1. The molecule has 94 valence electrons. The third-order valence-corrected chi connectivity index (χ3v) is 2.78. The summed E-state index contributed by atoms with van der Waals surface area (Å²) in [5.41, 5.74) is 6.82. The average Bonchev–Trinajstić information content (AvgIpc) is 2.38. The number of hydrogen-bond donors (Lipinski definition) is 1. The van der Waals surface area contributed by atoms with Gasteiger partial charge in [0.1, 0.15) is 5.82 Å². The maximum Gasteiger partial charge on any atom is 0.151 e. The minimum absolute atomic E-state index is 0.350. The Balaban J connectivity index is 2.21. The zero-order valence-electron chi connectivity index (χ0n) is 10.7. The first-order chi connectivity index (χ1) is 8.66. The topological polar surface area (TPSA) is 55.0 Å². The van der Waals surface area contributed by atoms with Gasteiger partial charge in [-0.3, -0.25) is 0 Å². The molecule has 2 rings (SSSR count). The molecule has 4 heteroatoms. The number of aromatic nitrogens is 2. The Labute approximate surface area is 107 Å². The van der Waals surface area contributed by atoms with E-state index in [2.05, 4.69) is 41.1 Å². The molecule has 1 aromatic heterocycles. The highest BCUT2D eigenvalue weighted by molar-refractivity contribution is 5.43. The number of nitrogens with two attached hydrogens (primary N) is 1. The van der Waals surface area contributed by atoms with Crippen LogP contribution in [-0.2, 0) is 6.54 Å². The Hall–Kier alpha value is -2.10. The monoisotopic (exact) mass is 242 g/mol. The van der Waals surface area contributed by atoms with Crippen molar-refractivity contribution in [3.8, 4) is 0 Å². The second kappa shape index (κ2) is 5.49. The molecule has 0 bridgehead atoms. The molecule has 0 amide bonds. The van der Waals surface area contributed by atoms with E-state index in [1.54, 1.807) is 6.07 Å². The summed E-state index contributed by atoms with van der Waals surface area (Å²) in [6.07, 6.45) is 0. The van der Waals surface area contributed by atoms with Crippen molar-refractivity contribution < 1.29 is 0 Å². The van der Waals surface area contributed by atoms with Gasteiger partial charge in [0.2, 0.25) is 0 Å². The molecule has 18 heavy (non-hydrogen) atoms. The van der Waals surface area contributed by atoms with Crippen molar-refractivity contribution in [1.29, 1.82) is 0 Å². The van der Waals surface area contributed by atoms with Crippen LogP contribution >= 0.6 is 0 Å². The molecule has 0 radical (unpaired) electrons. The van der Waals surface area contributed by atoms with Gasteiger partial charge >= 0.3 is 0 Å². The molecule has 0 aliphatic carbocycles. The molecule has 1 aromatic carbocycles. The molecule has 4 nitrogen and oxygen atoms in total. The van der Waals surface area contributed by atoms with Gasteiger partial charge in [0.15, 0.2) is 5.82 Å². The molecule has 0 atom stereocenters. The normalized spacial score (nSPS) is 10.6. The highest BCUT2D eigenvalue weighted by atomic mass is 15.3. The largest absolute Gasteiger partial charge is 0.382 e. The summed E-state index contributed by atoms with van der Waals surface area (Å²) >= 11 is 0. The van der Waals surface area contributed by atoms with E-state index in [4.69, 9.17) is 5.73 Å². The maximum atomic E-state index is 5.56. The number of anilines is 2. The molecule has 2 aromatic rings. The predicted molar refractivity (Wildman–Crippen MR) is 74.2 cm³/mol. The third-order valence-electron chi connectivity index (χ3n) is 2.78. The Kier molecular flexibility index (Phi) is 3.77. The van der Waals surface area contributed by atoms with Crippen LogP contribution in [0.25, 0.3) is 0 Å². The zero-order chi connectivity index (χ0) is 13.0. The summed E-state index contributed by atoms with van der Waals surface area (Å²) in [5, 5.41) is 8.06. The quantitative estimate of drug-likeness (QED) is 0.894. The van der Waals surface area contributed by atoms with Crippen LogP contribution in [-0.4, -0.2) is 16.2 Å². The number of hydrogen-bond acceptors (Lipinski definition) is 4. The molecule has 0 aliphatic rings. The summed E-state index contributed by atoms with van der Waals surface area (Å²) in [7, 11) is 0. The lowest BCUT2D eigenvalue weighted by molar-refractivity contribution is 0.666. The first kappa shape index (κ1) is 12.4. The maximum absolute atomic E-state index is 5.56. The van der Waals surface area contributed by atoms with Crippen molar-refractivity contribution in [3.63, 3.8) is 0 Å². The van der Waals surface area contributed by atoms with Crippen LogP contribution < -0.4 is 10.6 Å². The van der Waals surface area contributed by atoms with Gasteiger partial charge in [-0.05, 0) is 31.5 Å². The summed E-state index contributed by atoms with van der Waals surface area (Å²) in [5.74, 6) is 1.30. The van der Waals surface area contributed by atoms with Gasteiger partial charge in [-0.1, -0.05) is 30.3 Å². The summed E-state index contributed by atoms with van der Waals surface area (Å²) in [6, 6.07) is 14.4. The third kappa shape index (κ3) is 2.97. The lowest BCUT2D eigenvalue weighted by Gasteiger charge is -2.27. The molecule has 0 fully saturated rings. The van der Waals surface area contributed by atoms with Crippen LogP contribution in [0.5, 0.6) is 0 Å². The van der Waals surface area contributed by atoms with Crippen LogP contribution in [0.3, 0.4) is 0 Å². The second-order valence-electron chi connectivity index (χ2n) is 4.52. The number of rotatable bonds is 4. The summed E-state index contributed by atoms with van der Waals surface area (Å²) in [6.45, 7) is 5.10. The molecule has 0 saturated heterocycles. The van der Waals surface area contributed by atoms with Gasteiger partial charge in [0.05, 0.1) is 0 Å². The van der Waals surface area contributed by atoms with E-state index in [9.17, 15) is 0 Å². The lowest BCUT2D eigenvalue weighted by Crippen LogP contribution is -2.31. The first-order valence-corrected chi connectivity index (χ1v) is 6.06. The number of nitrogens with zero attached hydrogens (tertiary/aromatic N) is 3. The minimum atomic E-state index is 0.350. The highest BCUT2D eigenvalue weighted by Crippen LogP contribution is 2.17. The van der Waals surface area contributed by atoms with Gasteiger partial charge in [0.25, 0.3) is 0 Å². The van der Waals surface area contributed by atoms with Crippen molar-refractivity contribution in [3.05, 3.63) is 48.0 Å². The van der Waals surface area contributed by atoms with Crippen LogP contribution in [0.15, 0.2) is 42.5 Å². The van der Waals surface area contributed by atoms with Gasteiger partial charge in [-0.2, -0.15) is 0 Å². The SMILES string of the molecule is CC(C)N(Cc1ccccc1)c1ccc(N)nn1. The van der Waals surface area contributed by atoms with Crippen molar-refractivity contribution in [2.45, 2.75) is 26.4 Å². The standard InChI is InChI=1S/C14H18N4/c1-11(2)18(10-12-6-4-3-5-7-12)14-9-8-13(15)16-17-14/h3-9,11H,10H2,1-2H3,(H2,15,16). The Morgan fingerprint density at radius 1 is 1.06 bits per heavy atom. The summed E-state index contributed by atoms with van der Waals surface area (Å²) in [4.78, 5) is 2.20. The Morgan fingerprint density at radius 3 is 2.33 bits per heavy atom. The van der Waals surface area contributed by atoms with E-state index < -0.39 is 0 Å².